The Bertz CT molecular complexity index is 411. The maximum Gasteiger partial charge on any atom is 0.150 e. The van der Waals surface area contributed by atoms with E-state index < -0.39 is 0 Å². The van der Waals surface area contributed by atoms with Crippen LogP contribution in [0.15, 0.2) is 18.2 Å². The summed E-state index contributed by atoms with van der Waals surface area (Å²) in [6, 6.07) is 5.56. The molecule has 1 aliphatic rings. The summed E-state index contributed by atoms with van der Waals surface area (Å²) >= 11 is 6.24. The Labute approximate surface area is 114 Å². The molecule has 0 N–H and O–H groups in total. The summed E-state index contributed by atoms with van der Waals surface area (Å²) in [6.07, 6.45) is 5.95. The first-order valence-corrected chi connectivity index (χ1v) is 7.12. The molecule has 0 radical (unpaired) electrons. The van der Waals surface area contributed by atoms with E-state index in [1.807, 2.05) is 12.1 Å². The van der Waals surface area contributed by atoms with Gasteiger partial charge in [-0.1, -0.05) is 31.4 Å². The van der Waals surface area contributed by atoms with E-state index in [2.05, 4.69) is 11.8 Å². The molecule has 98 valence electrons. The van der Waals surface area contributed by atoms with Gasteiger partial charge >= 0.3 is 0 Å². The molecule has 0 atom stereocenters. The number of nitrogens with zero attached hydrogens (tertiary/aromatic N) is 1. The highest BCUT2D eigenvalue weighted by molar-refractivity contribution is 6.33. The van der Waals surface area contributed by atoms with Crippen molar-refractivity contribution in [2.75, 3.05) is 18.0 Å². The van der Waals surface area contributed by atoms with Crippen LogP contribution in [-0.2, 0) is 0 Å². The quantitative estimate of drug-likeness (QED) is 0.762. The Morgan fingerprint density at radius 3 is 2.67 bits per heavy atom. The SMILES string of the molecule is CCCC1CCN(c2ccc(C=O)cc2Cl)CC1. The maximum absolute atomic E-state index is 10.7. The second-order valence-corrected chi connectivity index (χ2v) is 5.45. The van der Waals surface area contributed by atoms with E-state index in [1.165, 1.54) is 25.7 Å². The van der Waals surface area contributed by atoms with Crippen molar-refractivity contribution in [2.24, 2.45) is 5.92 Å². The van der Waals surface area contributed by atoms with Gasteiger partial charge in [0.25, 0.3) is 0 Å². The van der Waals surface area contributed by atoms with Crippen LogP contribution in [-0.4, -0.2) is 19.4 Å². The molecule has 0 aromatic heterocycles. The van der Waals surface area contributed by atoms with E-state index >= 15 is 0 Å². The van der Waals surface area contributed by atoms with E-state index in [0.717, 1.165) is 31.0 Å². The summed E-state index contributed by atoms with van der Waals surface area (Å²) in [4.78, 5) is 13.0. The van der Waals surface area contributed by atoms with Gasteiger partial charge in [-0.3, -0.25) is 4.79 Å². The van der Waals surface area contributed by atoms with Gasteiger partial charge in [-0.15, -0.1) is 0 Å². The van der Waals surface area contributed by atoms with E-state index in [-0.39, 0.29) is 0 Å². The van der Waals surface area contributed by atoms with E-state index in [4.69, 9.17) is 11.6 Å². The molecule has 1 fully saturated rings. The average Bonchev–Trinajstić information content (AvgIpc) is 2.40. The molecule has 2 nitrogen and oxygen atoms in total. The van der Waals surface area contributed by atoms with Gasteiger partial charge in [0.2, 0.25) is 0 Å². The average molecular weight is 266 g/mol. The molecule has 1 aromatic carbocycles. The van der Waals surface area contributed by atoms with Crippen LogP contribution in [0.2, 0.25) is 5.02 Å². The summed E-state index contributed by atoms with van der Waals surface area (Å²) in [5, 5.41) is 0.688. The molecule has 0 amide bonds. The standard InChI is InChI=1S/C15H20ClNO/c1-2-3-12-6-8-17(9-7-12)15-5-4-13(11-18)10-14(15)16/h4-5,10-12H,2-3,6-9H2,1H3. The first kappa shape index (κ1) is 13.4. The topological polar surface area (TPSA) is 20.3 Å². The third-order valence-electron chi connectivity index (χ3n) is 3.76. The highest BCUT2D eigenvalue weighted by Crippen LogP contribution is 2.31. The summed E-state index contributed by atoms with van der Waals surface area (Å²) < 4.78 is 0. The van der Waals surface area contributed by atoms with Crippen molar-refractivity contribution < 1.29 is 4.79 Å². The van der Waals surface area contributed by atoms with Crippen molar-refractivity contribution in [2.45, 2.75) is 32.6 Å². The summed E-state index contributed by atoms with van der Waals surface area (Å²) in [5.41, 5.74) is 1.71. The Morgan fingerprint density at radius 2 is 2.11 bits per heavy atom. The number of piperidine rings is 1. The van der Waals surface area contributed by atoms with Gasteiger partial charge in [0.05, 0.1) is 10.7 Å². The lowest BCUT2D eigenvalue weighted by Gasteiger charge is -2.34. The van der Waals surface area contributed by atoms with E-state index in [0.29, 0.717) is 10.6 Å². The van der Waals surface area contributed by atoms with Crippen molar-refractivity contribution >= 4 is 23.6 Å². The summed E-state index contributed by atoms with van der Waals surface area (Å²) in [5.74, 6) is 0.874. The minimum Gasteiger partial charge on any atom is -0.370 e. The number of anilines is 1. The normalized spacial score (nSPS) is 16.9. The van der Waals surface area contributed by atoms with Crippen molar-refractivity contribution in [1.29, 1.82) is 0 Å². The number of hydrogen-bond acceptors (Lipinski definition) is 2. The number of benzene rings is 1. The predicted molar refractivity (Wildman–Crippen MR) is 76.7 cm³/mol. The molecular weight excluding hydrogens is 246 g/mol. The van der Waals surface area contributed by atoms with Crippen LogP contribution in [0.5, 0.6) is 0 Å². The highest BCUT2D eigenvalue weighted by Gasteiger charge is 2.20. The molecule has 1 aromatic rings. The van der Waals surface area contributed by atoms with Crippen molar-refractivity contribution in [1.82, 2.24) is 0 Å². The Kier molecular flexibility index (Phi) is 4.65. The number of hydrogen-bond donors (Lipinski definition) is 0. The highest BCUT2D eigenvalue weighted by atomic mass is 35.5. The number of rotatable bonds is 4. The van der Waals surface area contributed by atoms with Gasteiger partial charge in [-0.05, 0) is 37.0 Å². The minimum atomic E-state index is 0.643. The zero-order chi connectivity index (χ0) is 13.0. The molecular formula is C15H20ClNO. The van der Waals surface area contributed by atoms with Gasteiger partial charge in [-0.2, -0.15) is 0 Å². The van der Waals surface area contributed by atoms with E-state index in [1.54, 1.807) is 6.07 Å². The summed E-state index contributed by atoms with van der Waals surface area (Å²) in [7, 11) is 0. The largest absolute Gasteiger partial charge is 0.370 e. The second kappa shape index (κ2) is 6.24. The Balaban J connectivity index is 2.03. The maximum atomic E-state index is 10.7. The van der Waals surface area contributed by atoms with Crippen LogP contribution < -0.4 is 4.90 Å². The Hall–Kier alpha value is -1.02. The van der Waals surface area contributed by atoms with Gasteiger partial charge < -0.3 is 4.90 Å². The van der Waals surface area contributed by atoms with Crippen LogP contribution in [0.4, 0.5) is 5.69 Å². The van der Waals surface area contributed by atoms with Crippen LogP contribution in [0.25, 0.3) is 0 Å². The zero-order valence-electron chi connectivity index (χ0n) is 10.9. The molecule has 1 heterocycles. The molecule has 0 bridgehead atoms. The first-order valence-electron chi connectivity index (χ1n) is 6.74. The smallest absolute Gasteiger partial charge is 0.150 e. The molecule has 1 saturated heterocycles. The molecule has 1 aliphatic heterocycles. The van der Waals surface area contributed by atoms with Crippen LogP contribution >= 0.6 is 11.6 Å². The van der Waals surface area contributed by atoms with Gasteiger partial charge in [0, 0.05) is 18.7 Å². The van der Waals surface area contributed by atoms with Crippen molar-refractivity contribution in [3.63, 3.8) is 0 Å². The number of carbonyl (C=O) groups is 1. The van der Waals surface area contributed by atoms with Gasteiger partial charge in [-0.25, -0.2) is 0 Å². The second-order valence-electron chi connectivity index (χ2n) is 5.05. The molecule has 18 heavy (non-hydrogen) atoms. The predicted octanol–water partition coefficient (Wildman–Crippen LogP) is 4.17. The van der Waals surface area contributed by atoms with Crippen LogP contribution in [0, 0.1) is 5.92 Å². The summed E-state index contributed by atoms with van der Waals surface area (Å²) in [6.45, 7) is 4.40. The van der Waals surface area contributed by atoms with E-state index in [9.17, 15) is 4.79 Å². The fourth-order valence-electron chi connectivity index (χ4n) is 2.72. The molecule has 0 aliphatic carbocycles. The molecule has 0 unspecified atom stereocenters. The lowest BCUT2D eigenvalue weighted by atomic mass is 9.92. The first-order chi connectivity index (χ1) is 8.74. The number of aldehydes is 1. The lowest BCUT2D eigenvalue weighted by molar-refractivity contribution is 0.112. The van der Waals surface area contributed by atoms with Crippen LogP contribution in [0.3, 0.4) is 0 Å². The fourth-order valence-corrected chi connectivity index (χ4v) is 3.03. The number of halogens is 1. The fraction of sp³-hybridized carbons (Fsp3) is 0.533. The third kappa shape index (κ3) is 3.05. The lowest BCUT2D eigenvalue weighted by Crippen LogP contribution is -2.33. The molecule has 2 rings (SSSR count). The third-order valence-corrected chi connectivity index (χ3v) is 4.06. The minimum absolute atomic E-state index is 0.643. The molecule has 0 spiro atoms. The number of carbonyl (C=O) groups excluding carboxylic acids is 1. The van der Waals surface area contributed by atoms with Gasteiger partial charge in [0.15, 0.2) is 0 Å². The molecule has 3 heteroatoms. The monoisotopic (exact) mass is 265 g/mol. The van der Waals surface area contributed by atoms with Crippen LogP contribution in [0.1, 0.15) is 43.0 Å². The molecule has 0 saturated carbocycles. The van der Waals surface area contributed by atoms with Crippen molar-refractivity contribution in [3.8, 4) is 0 Å². The zero-order valence-corrected chi connectivity index (χ0v) is 11.6. The Morgan fingerprint density at radius 1 is 1.39 bits per heavy atom. The van der Waals surface area contributed by atoms with Crippen molar-refractivity contribution in [3.05, 3.63) is 28.8 Å². The van der Waals surface area contributed by atoms with Gasteiger partial charge in [0.1, 0.15) is 6.29 Å².